The van der Waals surface area contributed by atoms with Crippen molar-refractivity contribution in [1.29, 1.82) is 0 Å². The fraction of sp³-hybridized carbons (Fsp3) is 0.857. The third-order valence-corrected chi connectivity index (χ3v) is 4.60. The number of aromatic nitrogens is 2. The fourth-order valence-electron chi connectivity index (χ4n) is 3.04. The molecular formula is C14H24N4O3. The van der Waals surface area contributed by atoms with Crippen molar-refractivity contribution in [2.75, 3.05) is 46.5 Å². The van der Waals surface area contributed by atoms with E-state index in [-0.39, 0.29) is 6.04 Å². The largest absolute Gasteiger partial charge is 0.381 e. The van der Waals surface area contributed by atoms with Crippen molar-refractivity contribution in [2.45, 2.75) is 31.4 Å². The molecule has 0 amide bonds. The van der Waals surface area contributed by atoms with E-state index in [1.165, 1.54) is 0 Å². The lowest BCUT2D eigenvalue weighted by Crippen LogP contribution is -2.44. The summed E-state index contributed by atoms with van der Waals surface area (Å²) in [5, 5.41) is 7.54. The second-order valence-corrected chi connectivity index (χ2v) is 5.73. The lowest BCUT2D eigenvalue weighted by molar-refractivity contribution is -0.101. The number of nitrogens with zero attached hydrogens (tertiary/aromatic N) is 3. The van der Waals surface area contributed by atoms with Crippen LogP contribution in [-0.2, 0) is 15.1 Å². The molecule has 2 aliphatic heterocycles. The lowest BCUT2D eigenvalue weighted by Gasteiger charge is -2.33. The van der Waals surface area contributed by atoms with E-state index in [1.54, 1.807) is 7.11 Å². The summed E-state index contributed by atoms with van der Waals surface area (Å²) in [6.07, 6.45) is 1.54. The predicted octanol–water partition coefficient (Wildman–Crippen LogP) is 0.688. The van der Waals surface area contributed by atoms with E-state index >= 15 is 0 Å². The molecule has 1 aromatic rings. The van der Waals surface area contributed by atoms with Gasteiger partial charge in [-0.15, -0.1) is 0 Å². The van der Waals surface area contributed by atoms with Crippen LogP contribution in [0.2, 0.25) is 0 Å². The maximum Gasteiger partial charge on any atom is 0.243 e. The number of rotatable bonds is 4. The average molecular weight is 296 g/mol. The number of methoxy groups -OCH3 is 1. The predicted molar refractivity (Wildman–Crippen MR) is 75.9 cm³/mol. The second-order valence-electron chi connectivity index (χ2n) is 5.73. The summed E-state index contributed by atoms with van der Waals surface area (Å²) in [7, 11) is 1.71. The highest BCUT2D eigenvalue weighted by molar-refractivity contribution is 5.04. The van der Waals surface area contributed by atoms with Gasteiger partial charge in [0.25, 0.3) is 0 Å². The van der Waals surface area contributed by atoms with E-state index in [1.807, 2.05) is 0 Å². The Morgan fingerprint density at radius 2 is 2.00 bits per heavy atom. The summed E-state index contributed by atoms with van der Waals surface area (Å²) in [5.74, 6) is 1.33. The Morgan fingerprint density at radius 3 is 2.67 bits per heavy atom. The van der Waals surface area contributed by atoms with Crippen molar-refractivity contribution >= 4 is 0 Å². The summed E-state index contributed by atoms with van der Waals surface area (Å²) in [4.78, 5) is 6.99. The molecule has 7 nitrogen and oxygen atoms in total. The second kappa shape index (κ2) is 6.39. The monoisotopic (exact) mass is 296 g/mol. The van der Waals surface area contributed by atoms with Gasteiger partial charge in [0.15, 0.2) is 0 Å². The van der Waals surface area contributed by atoms with Crippen LogP contribution >= 0.6 is 0 Å². The molecule has 0 spiro atoms. The molecule has 0 aliphatic carbocycles. The first kappa shape index (κ1) is 14.9. The third-order valence-electron chi connectivity index (χ3n) is 4.60. The summed E-state index contributed by atoms with van der Waals surface area (Å²) < 4.78 is 16.6. The molecule has 118 valence electrons. The molecule has 7 heteroatoms. The SMILES string of the molecule is COC1(c2noc(C(C)N3CCNCC3)n2)CCOCC1. The number of ether oxygens (including phenoxy) is 2. The molecule has 1 unspecified atom stereocenters. The first-order chi connectivity index (χ1) is 10.2. The highest BCUT2D eigenvalue weighted by atomic mass is 16.5. The molecule has 21 heavy (non-hydrogen) atoms. The van der Waals surface area contributed by atoms with Crippen molar-refractivity contribution in [3.63, 3.8) is 0 Å². The quantitative estimate of drug-likeness (QED) is 0.876. The van der Waals surface area contributed by atoms with Crippen molar-refractivity contribution in [1.82, 2.24) is 20.4 Å². The van der Waals surface area contributed by atoms with Crippen LogP contribution in [0.25, 0.3) is 0 Å². The Kier molecular flexibility index (Phi) is 4.54. The van der Waals surface area contributed by atoms with Gasteiger partial charge in [0, 0.05) is 59.3 Å². The summed E-state index contributed by atoms with van der Waals surface area (Å²) in [6.45, 7) is 7.47. The van der Waals surface area contributed by atoms with Crippen LogP contribution in [0.4, 0.5) is 0 Å². The standard InChI is InChI=1S/C14H24N4O3/c1-11(18-7-5-15-6-8-18)12-16-13(17-21-12)14(19-2)3-9-20-10-4-14/h11,15H,3-10H2,1-2H3. The van der Waals surface area contributed by atoms with E-state index < -0.39 is 5.60 Å². The van der Waals surface area contributed by atoms with Gasteiger partial charge < -0.3 is 19.3 Å². The minimum atomic E-state index is -0.455. The van der Waals surface area contributed by atoms with E-state index in [2.05, 4.69) is 27.3 Å². The fourth-order valence-corrected chi connectivity index (χ4v) is 3.04. The van der Waals surface area contributed by atoms with Gasteiger partial charge in [-0.05, 0) is 6.92 Å². The van der Waals surface area contributed by atoms with Crippen LogP contribution in [-0.4, -0.2) is 61.5 Å². The maximum atomic E-state index is 5.71. The maximum absolute atomic E-state index is 5.71. The lowest BCUT2D eigenvalue weighted by atomic mass is 9.93. The first-order valence-corrected chi connectivity index (χ1v) is 7.67. The Labute approximate surface area is 125 Å². The summed E-state index contributed by atoms with van der Waals surface area (Å²) in [6, 6.07) is 0.141. The van der Waals surface area contributed by atoms with Crippen molar-refractivity contribution in [3.05, 3.63) is 11.7 Å². The molecule has 2 aliphatic rings. The normalized spacial score (nSPS) is 24.9. The van der Waals surface area contributed by atoms with Crippen molar-refractivity contribution in [2.24, 2.45) is 0 Å². The molecular weight excluding hydrogens is 272 g/mol. The van der Waals surface area contributed by atoms with Gasteiger partial charge in [0.05, 0.1) is 6.04 Å². The Hall–Kier alpha value is -1.02. The van der Waals surface area contributed by atoms with Crippen molar-refractivity contribution in [3.8, 4) is 0 Å². The average Bonchev–Trinajstić information content (AvgIpc) is 3.06. The number of piperazine rings is 1. The van der Waals surface area contributed by atoms with Crippen LogP contribution in [0.1, 0.15) is 37.5 Å². The Bertz CT molecular complexity index is 453. The minimum absolute atomic E-state index is 0.141. The molecule has 2 saturated heterocycles. The summed E-state index contributed by atoms with van der Waals surface area (Å²) in [5.41, 5.74) is -0.455. The number of hydrogen-bond donors (Lipinski definition) is 1. The van der Waals surface area contributed by atoms with E-state index in [0.717, 1.165) is 39.0 Å². The van der Waals surface area contributed by atoms with Crippen molar-refractivity contribution < 1.29 is 14.0 Å². The number of hydrogen-bond acceptors (Lipinski definition) is 7. The molecule has 0 radical (unpaired) electrons. The van der Waals surface area contributed by atoms with Gasteiger partial charge in [0.1, 0.15) is 5.60 Å². The van der Waals surface area contributed by atoms with Gasteiger partial charge in [-0.2, -0.15) is 4.98 Å². The van der Waals surface area contributed by atoms with Crippen LogP contribution < -0.4 is 5.32 Å². The third kappa shape index (κ3) is 2.96. The number of nitrogens with one attached hydrogen (secondary N) is 1. The Morgan fingerprint density at radius 1 is 1.29 bits per heavy atom. The van der Waals surface area contributed by atoms with Gasteiger partial charge in [-0.1, -0.05) is 5.16 Å². The molecule has 0 aromatic carbocycles. The van der Waals surface area contributed by atoms with Gasteiger partial charge >= 0.3 is 0 Å². The van der Waals surface area contributed by atoms with Gasteiger partial charge in [0.2, 0.25) is 11.7 Å². The van der Waals surface area contributed by atoms with E-state index in [4.69, 9.17) is 14.0 Å². The summed E-state index contributed by atoms with van der Waals surface area (Å²) >= 11 is 0. The van der Waals surface area contributed by atoms with Crippen LogP contribution in [0.5, 0.6) is 0 Å². The Balaban J connectivity index is 1.75. The smallest absolute Gasteiger partial charge is 0.243 e. The zero-order valence-electron chi connectivity index (χ0n) is 12.8. The van der Waals surface area contributed by atoms with E-state index in [0.29, 0.717) is 24.9 Å². The highest BCUT2D eigenvalue weighted by Gasteiger charge is 2.39. The van der Waals surface area contributed by atoms with Crippen LogP contribution in [0.15, 0.2) is 4.52 Å². The topological polar surface area (TPSA) is 72.7 Å². The first-order valence-electron chi connectivity index (χ1n) is 7.67. The van der Waals surface area contributed by atoms with Crippen LogP contribution in [0.3, 0.4) is 0 Å². The molecule has 1 aromatic heterocycles. The van der Waals surface area contributed by atoms with Crippen LogP contribution in [0, 0.1) is 0 Å². The van der Waals surface area contributed by atoms with Gasteiger partial charge in [-0.25, -0.2) is 0 Å². The molecule has 1 N–H and O–H groups in total. The minimum Gasteiger partial charge on any atom is -0.381 e. The molecule has 3 rings (SSSR count). The highest BCUT2D eigenvalue weighted by Crippen LogP contribution is 2.34. The van der Waals surface area contributed by atoms with E-state index in [9.17, 15) is 0 Å². The zero-order valence-corrected chi connectivity index (χ0v) is 12.8. The zero-order chi connectivity index (χ0) is 14.7. The molecule has 2 fully saturated rings. The molecule has 1 atom stereocenters. The molecule has 0 bridgehead atoms. The van der Waals surface area contributed by atoms with Gasteiger partial charge in [-0.3, -0.25) is 4.90 Å². The molecule has 3 heterocycles. The molecule has 0 saturated carbocycles.